The minimum absolute atomic E-state index is 0.0154. The van der Waals surface area contributed by atoms with E-state index in [1.807, 2.05) is 0 Å². The van der Waals surface area contributed by atoms with Gasteiger partial charge in [0.2, 0.25) is 0 Å². The summed E-state index contributed by atoms with van der Waals surface area (Å²) in [6.45, 7) is 4.67. The topological polar surface area (TPSA) is 18.1 Å². The molecule has 0 saturated heterocycles. The lowest BCUT2D eigenvalue weighted by molar-refractivity contribution is 0.616. The SMILES string of the molecule is CC1(C)c2ccccc2-c2ccc(-n3c4ccccc4c4c5ccoc5ccc43)cc21. The Hall–Kier alpha value is -3.78. The molecule has 0 unspecified atom stereocenters. The first-order valence-corrected chi connectivity index (χ1v) is 10.8. The van der Waals surface area contributed by atoms with Crippen molar-refractivity contribution in [3.8, 4) is 16.8 Å². The molecule has 2 heteroatoms. The summed E-state index contributed by atoms with van der Waals surface area (Å²) in [5.74, 6) is 0. The predicted molar refractivity (Wildman–Crippen MR) is 128 cm³/mol. The van der Waals surface area contributed by atoms with Crippen molar-refractivity contribution < 1.29 is 4.42 Å². The molecule has 31 heavy (non-hydrogen) atoms. The summed E-state index contributed by atoms with van der Waals surface area (Å²) < 4.78 is 8.10. The van der Waals surface area contributed by atoms with E-state index in [-0.39, 0.29) is 5.41 Å². The quantitative estimate of drug-likeness (QED) is 0.275. The minimum atomic E-state index is -0.0154. The fraction of sp³-hybridized carbons (Fsp3) is 0.103. The smallest absolute Gasteiger partial charge is 0.134 e. The standard InChI is InChI=1S/C29H21NO/c1-29(2)23-9-5-3-7-19(23)20-12-11-18(17-24(20)29)30-25-10-6-4-8-21(25)28-22-15-16-31-27(22)14-13-26(28)30/h3-17H,1-2H3. The normalized spacial score (nSPS) is 14.4. The van der Waals surface area contributed by atoms with Crippen LogP contribution in [-0.2, 0) is 5.41 Å². The van der Waals surface area contributed by atoms with Gasteiger partial charge in [-0.15, -0.1) is 0 Å². The van der Waals surface area contributed by atoms with Crippen LogP contribution >= 0.6 is 0 Å². The third-order valence-corrected chi connectivity index (χ3v) is 7.09. The summed E-state index contributed by atoms with van der Waals surface area (Å²) in [4.78, 5) is 0. The number of hydrogen-bond donors (Lipinski definition) is 0. The molecule has 0 saturated carbocycles. The number of furan rings is 1. The zero-order chi connectivity index (χ0) is 20.7. The maximum Gasteiger partial charge on any atom is 0.134 e. The average molecular weight is 399 g/mol. The van der Waals surface area contributed by atoms with E-state index in [4.69, 9.17) is 4.42 Å². The number of nitrogens with zero attached hydrogens (tertiary/aromatic N) is 1. The van der Waals surface area contributed by atoms with Crippen LogP contribution in [-0.4, -0.2) is 4.57 Å². The van der Waals surface area contributed by atoms with Gasteiger partial charge in [-0.3, -0.25) is 0 Å². The molecule has 0 bridgehead atoms. The number of fused-ring (bicyclic) bond motifs is 8. The maximum atomic E-state index is 5.70. The maximum absolute atomic E-state index is 5.70. The Labute approximate surface area is 180 Å². The summed E-state index contributed by atoms with van der Waals surface area (Å²) in [7, 11) is 0. The zero-order valence-electron chi connectivity index (χ0n) is 17.5. The second-order valence-corrected chi connectivity index (χ2v) is 9.05. The van der Waals surface area contributed by atoms with Gasteiger partial charge in [0.25, 0.3) is 0 Å². The first-order valence-electron chi connectivity index (χ1n) is 10.8. The number of rotatable bonds is 1. The summed E-state index contributed by atoms with van der Waals surface area (Å²) in [5, 5.41) is 3.68. The molecule has 2 nitrogen and oxygen atoms in total. The van der Waals surface area contributed by atoms with E-state index in [0.717, 1.165) is 5.58 Å². The van der Waals surface area contributed by atoms with Crippen LogP contribution in [0.1, 0.15) is 25.0 Å². The molecule has 7 rings (SSSR count). The molecule has 1 aliphatic carbocycles. The highest BCUT2D eigenvalue weighted by Crippen LogP contribution is 2.49. The van der Waals surface area contributed by atoms with E-state index < -0.39 is 0 Å². The van der Waals surface area contributed by atoms with Gasteiger partial charge in [0, 0.05) is 27.3 Å². The van der Waals surface area contributed by atoms with Crippen molar-refractivity contribution in [3.63, 3.8) is 0 Å². The van der Waals surface area contributed by atoms with Crippen LogP contribution in [0.4, 0.5) is 0 Å². The van der Waals surface area contributed by atoms with Gasteiger partial charge in [0.05, 0.1) is 17.3 Å². The molecule has 4 aromatic carbocycles. The van der Waals surface area contributed by atoms with Crippen LogP contribution in [0.15, 0.2) is 95.6 Å². The lowest BCUT2D eigenvalue weighted by atomic mass is 9.82. The van der Waals surface area contributed by atoms with Gasteiger partial charge in [-0.1, -0.05) is 62.4 Å². The molecule has 2 aromatic heterocycles. The second-order valence-electron chi connectivity index (χ2n) is 9.05. The number of para-hydroxylation sites is 1. The molecule has 6 aromatic rings. The van der Waals surface area contributed by atoms with E-state index in [1.54, 1.807) is 6.26 Å². The molecule has 0 spiro atoms. The molecule has 148 valence electrons. The van der Waals surface area contributed by atoms with Gasteiger partial charge in [0.15, 0.2) is 0 Å². The molecule has 2 heterocycles. The average Bonchev–Trinajstić information content (AvgIpc) is 3.46. The van der Waals surface area contributed by atoms with Crippen molar-refractivity contribution in [2.24, 2.45) is 0 Å². The molecule has 0 amide bonds. The Morgan fingerprint density at radius 2 is 1.48 bits per heavy atom. The molecule has 0 N–H and O–H groups in total. The highest BCUT2D eigenvalue weighted by Gasteiger charge is 2.35. The molecular formula is C29H21NO. The summed E-state index contributed by atoms with van der Waals surface area (Å²) in [5.41, 5.74) is 10.1. The summed E-state index contributed by atoms with van der Waals surface area (Å²) >= 11 is 0. The Kier molecular flexibility index (Phi) is 3.10. The van der Waals surface area contributed by atoms with Crippen LogP contribution in [0.5, 0.6) is 0 Å². The number of benzene rings is 4. The fourth-order valence-electron chi connectivity index (χ4n) is 5.62. The van der Waals surface area contributed by atoms with Crippen LogP contribution in [0.25, 0.3) is 49.6 Å². The highest BCUT2D eigenvalue weighted by atomic mass is 16.3. The third-order valence-electron chi connectivity index (χ3n) is 7.09. The third kappa shape index (κ3) is 2.07. The molecular weight excluding hydrogens is 378 g/mol. The summed E-state index contributed by atoms with van der Waals surface area (Å²) in [6.07, 6.45) is 1.78. The van der Waals surface area contributed by atoms with Gasteiger partial charge >= 0.3 is 0 Å². The second kappa shape index (κ2) is 5.67. The Morgan fingerprint density at radius 3 is 2.42 bits per heavy atom. The molecule has 0 atom stereocenters. The Morgan fingerprint density at radius 1 is 0.677 bits per heavy atom. The van der Waals surface area contributed by atoms with Gasteiger partial charge in [0.1, 0.15) is 5.58 Å². The Bertz CT molecular complexity index is 1660. The van der Waals surface area contributed by atoms with Crippen LogP contribution in [0.3, 0.4) is 0 Å². The van der Waals surface area contributed by atoms with Crippen molar-refractivity contribution in [3.05, 3.63) is 102 Å². The van der Waals surface area contributed by atoms with Crippen molar-refractivity contribution in [2.45, 2.75) is 19.3 Å². The summed E-state index contributed by atoms with van der Waals surface area (Å²) in [6, 6.07) is 30.8. The van der Waals surface area contributed by atoms with Crippen LogP contribution < -0.4 is 0 Å². The van der Waals surface area contributed by atoms with E-state index in [1.165, 1.54) is 55.1 Å². The van der Waals surface area contributed by atoms with E-state index in [9.17, 15) is 0 Å². The minimum Gasteiger partial charge on any atom is -0.464 e. The van der Waals surface area contributed by atoms with Gasteiger partial charge in [-0.2, -0.15) is 0 Å². The van der Waals surface area contributed by atoms with E-state index in [2.05, 4.69) is 103 Å². The molecule has 0 radical (unpaired) electrons. The zero-order valence-corrected chi connectivity index (χ0v) is 17.5. The van der Waals surface area contributed by atoms with Gasteiger partial charge < -0.3 is 8.98 Å². The monoisotopic (exact) mass is 399 g/mol. The van der Waals surface area contributed by atoms with E-state index >= 15 is 0 Å². The number of hydrogen-bond acceptors (Lipinski definition) is 1. The first-order chi connectivity index (χ1) is 15.1. The first kappa shape index (κ1) is 17.0. The van der Waals surface area contributed by atoms with Gasteiger partial charge in [-0.25, -0.2) is 0 Å². The van der Waals surface area contributed by atoms with Crippen molar-refractivity contribution in [1.29, 1.82) is 0 Å². The Balaban J connectivity index is 1.58. The van der Waals surface area contributed by atoms with Crippen LogP contribution in [0.2, 0.25) is 0 Å². The largest absolute Gasteiger partial charge is 0.464 e. The van der Waals surface area contributed by atoms with Crippen molar-refractivity contribution in [1.82, 2.24) is 4.57 Å². The predicted octanol–water partition coefficient (Wildman–Crippen LogP) is 7.84. The van der Waals surface area contributed by atoms with Crippen molar-refractivity contribution >= 4 is 32.8 Å². The lowest BCUT2D eigenvalue weighted by Crippen LogP contribution is -2.15. The van der Waals surface area contributed by atoms with Crippen LogP contribution in [0, 0.1) is 0 Å². The fourth-order valence-corrected chi connectivity index (χ4v) is 5.62. The molecule has 0 fully saturated rings. The van der Waals surface area contributed by atoms with Gasteiger partial charge in [-0.05, 0) is 58.7 Å². The van der Waals surface area contributed by atoms with Crippen molar-refractivity contribution in [2.75, 3.05) is 0 Å². The lowest BCUT2D eigenvalue weighted by Gasteiger charge is -2.22. The molecule has 1 aliphatic rings. The van der Waals surface area contributed by atoms with E-state index in [0.29, 0.717) is 0 Å². The molecule has 0 aliphatic heterocycles. The highest BCUT2D eigenvalue weighted by molar-refractivity contribution is 6.20. The number of aromatic nitrogens is 1.